The number of carboxylic acid groups (broad SMARTS) is 1. The van der Waals surface area contributed by atoms with Crippen molar-refractivity contribution in [2.24, 2.45) is 17.8 Å². The Hall–Kier alpha value is -4.26. The Morgan fingerprint density at radius 2 is 1.49 bits per heavy atom. The summed E-state index contributed by atoms with van der Waals surface area (Å²) in [5, 5.41) is 19.6. The topological polar surface area (TPSA) is 185 Å². The van der Waals surface area contributed by atoms with Crippen LogP contribution < -0.4 is 23.7 Å². The van der Waals surface area contributed by atoms with Gasteiger partial charge >= 0.3 is 17.9 Å². The van der Waals surface area contributed by atoms with E-state index in [4.69, 9.17) is 43.0 Å². The fourth-order valence-electron chi connectivity index (χ4n) is 9.42. The van der Waals surface area contributed by atoms with Crippen molar-refractivity contribution >= 4 is 96.6 Å². The Morgan fingerprint density at radius 1 is 0.800 bits per heavy atom. The normalized spacial score (nSPS) is 21.1. The quantitative estimate of drug-likeness (QED) is 0.0796. The number of fused-ring (bicyclic) bond motifs is 6. The van der Waals surface area contributed by atoms with Gasteiger partial charge in [-0.25, -0.2) is 4.79 Å². The number of rotatable bonds is 12. The minimum Gasteiger partial charge on any atom is -0.507 e. The first kappa shape index (κ1) is 48.7. The molecule has 3 heterocycles. The summed E-state index contributed by atoms with van der Waals surface area (Å²) in [6.45, 7) is 1.68. The van der Waals surface area contributed by atoms with E-state index in [1.165, 1.54) is 45.1 Å². The number of aromatic amines is 1. The molecule has 5 aromatic rings. The molecule has 8 rings (SSSR count). The number of aromatic hydroxyl groups is 1. The number of piperidine rings is 1. The number of hydrogen-bond donors (Lipinski definition) is 3. The zero-order chi connectivity index (χ0) is 46.7. The summed E-state index contributed by atoms with van der Waals surface area (Å²) < 4.78 is 47.4. The second-order valence-electron chi connectivity index (χ2n) is 15.9. The maximum absolute atomic E-state index is 13.5. The lowest BCUT2D eigenvalue weighted by molar-refractivity contribution is -0.176. The van der Waals surface area contributed by atoms with E-state index in [0.717, 1.165) is 49.9 Å². The van der Waals surface area contributed by atoms with Gasteiger partial charge < -0.3 is 53.1 Å². The third-order valence-electron chi connectivity index (χ3n) is 12.3. The van der Waals surface area contributed by atoms with Crippen LogP contribution in [0, 0.1) is 28.5 Å². The summed E-state index contributed by atoms with van der Waals surface area (Å²) in [4.78, 5) is 43.9. The van der Waals surface area contributed by atoms with Gasteiger partial charge in [0.1, 0.15) is 29.5 Å². The van der Waals surface area contributed by atoms with E-state index < -0.39 is 30.1 Å². The van der Waals surface area contributed by atoms with E-state index in [0.29, 0.717) is 38.7 Å². The number of aromatic nitrogens is 1. The number of nitrogens with one attached hydrogen (secondary N) is 1. The van der Waals surface area contributed by atoms with E-state index in [1.807, 2.05) is 34.7 Å². The van der Waals surface area contributed by atoms with Crippen molar-refractivity contribution in [3.63, 3.8) is 0 Å². The van der Waals surface area contributed by atoms with E-state index in [2.05, 4.69) is 61.1 Å². The summed E-state index contributed by atoms with van der Waals surface area (Å²) >= 11 is 6.28. The Labute approximate surface area is 417 Å². The molecule has 3 unspecified atom stereocenters. The monoisotopic (exact) mass is 1230 g/mol. The summed E-state index contributed by atoms with van der Waals surface area (Å²) in [5.74, 6) is 1.11. The maximum atomic E-state index is 13.5. The summed E-state index contributed by atoms with van der Waals surface area (Å²) in [6.07, 6.45) is 0.909. The van der Waals surface area contributed by atoms with Gasteiger partial charge in [0.15, 0.2) is 17.2 Å². The highest BCUT2D eigenvalue weighted by molar-refractivity contribution is 14.1. The molecule has 346 valence electrons. The lowest BCUT2D eigenvalue weighted by Gasteiger charge is -2.52. The fourth-order valence-corrected chi connectivity index (χ4v) is 12.0. The van der Waals surface area contributed by atoms with Crippen molar-refractivity contribution in [2.45, 2.75) is 43.9 Å². The van der Waals surface area contributed by atoms with Crippen LogP contribution in [0.25, 0.3) is 10.9 Å². The van der Waals surface area contributed by atoms with Crippen molar-refractivity contribution in [1.29, 1.82) is 0 Å². The number of carbonyl (C=O) groups excluding carboxylic acids is 2. The van der Waals surface area contributed by atoms with Gasteiger partial charge in [-0.3, -0.25) is 14.5 Å². The largest absolute Gasteiger partial charge is 0.507 e. The molecule has 0 spiro atoms. The second kappa shape index (κ2) is 21.1. The number of methoxy groups -OCH3 is 6. The van der Waals surface area contributed by atoms with Crippen LogP contribution in [-0.4, -0.2) is 106 Å². The fraction of sp³-hybridized carbons (Fsp3) is 0.383. The highest BCUT2D eigenvalue weighted by Gasteiger charge is 2.54. The zero-order valence-electron chi connectivity index (χ0n) is 36.4. The first-order valence-electron chi connectivity index (χ1n) is 20.6. The number of phenols is 1. The van der Waals surface area contributed by atoms with Crippen LogP contribution >= 0.6 is 67.8 Å². The van der Waals surface area contributed by atoms with Gasteiger partial charge in [0.05, 0.1) is 70.2 Å². The molecule has 15 nitrogen and oxygen atoms in total. The Kier molecular flexibility index (Phi) is 15.8. The van der Waals surface area contributed by atoms with Crippen LogP contribution in [0.1, 0.15) is 46.1 Å². The molecule has 3 aliphatic rings. The molecular weight excluding hydrogens is 1180 g/mol. The molecule has 6 atom stereocenters. The smallest absolute Gasteiger partial charge is 0.338 e. The van der Waals surface area contributed by atoms with Crippen LogP contribution in [0.2, 0.25) is 0 Å². The highest BCUT2D eigenvalue weighted by atomic mass is 127. The number of esters is 2. The van der Waals surface area contributed by atoms with Gasteiger partial charge in [-0.05, 0) is 165 Å². The molecule has 1 aliphatic carbocycles. The SMILES string of the molecule is COC(=O)C1[C@H](OC)C(OC(=O)c2cc(OC)c(OC)c(OC)c2)C[C@H]2CN3CCc4c([nH]c5cc(OC)ccc45)C3C[C@@H]12.O=C(O)Cc1cc(I)c(Oc2ccc(O)c(I)c2)c(I)c1. The minimum atomic E-state index is -0.858. The first-order valence-corrected chi connectivity index (χ1v) is 23.9. The second-order valence-corrected chi connectivity index (χ2v) is 19.4. The van der Waals surface area contributed by atoms with Crippen molar-refractivity contribution in [3.05, 3.63) is 93.8 Å². The minimum absolute atomic E-state index is 0.0105. The standard InChI is InChI=1S/C33H40N2O9.C14H9I3O4/c1-38-19-7-8-20-21-9-10-35-16-18-13-27(44-32(36)17-11-25(39-2)30(41-4)26(12-17)40-3)31(42-5)28(33(37)43-6)22(18)15-24(35)29(21)34-23(20)14-19;15-9-6-8(1-2-12(9)18)21-14-10(16)3-7(4-11(14)17)5-13(19)20/h7-8,11-12,14,18,22,24,27-28,31,34H,9-10,13,15-16H2,1-6H3;1-4,6,18H,5H2,(H,19,20)/t18-,22+,24?,27?,28?,31+;/m0./s1. The van der Waals surface area contributed by atoms with E-state index in [-0.39, 0.29) is 41.6 Å². The van der Waals surface area contributed by atoms with Crippen LogP contribution in [0.15, 0.2) is 60.7 Å². The molecule has 4 aromatic carbocycles. The Balaban J connectivity index is 0.000000251. The number of halogens is 3. The van der Waals surface area contributed by atoms with Gasteiger partial charge in [0.2, 0.25) is 5.75 Å². The average molecular weight is 1230 g/mol. The number of ether oxygens (including phenoxy) is 8. The molecule has 1 saturated carbocycles. The molecule has 65 heavy (non-hydrogen) atoms. The molecule has 18 heteroatoms. The van der Waals surface area contributed by atoms with Gasteiger partial charge in [-0.1, -0.05) is 0 Å². The van der Waals surface area contributed by atoms with Crippen molar-refractivity contribution in [2.75, 3.05) is 55.7 Å². The van der Waals surface area contributed by atoms with Crippen LogP contribution in [0.5, 0.6) is 40.2 Å². The molecule has 0 bridgehead atoms. The average Bonchev–Trinajstić information content (AvgIpc) is 3.67. The van der Waals surface area contributed by atoms with Crippen molar-refractivity contribution in [3.8, 4) is 40.2 Å². The molecule has 1 saturated heterocycles. The van der Waals surface area contributed by atoms with Crippen LogP contribution in [0.4, 0.5) is 0 Å². The number of phenolic OH excluding ortho intramolecular Hbond substituents is 1. The molecular formula is C47H49I3N2O13. The van der Waals surface area contributed by atoms with E-state index >= 15 is 0 Å². The number of benzene rings is 4. The highest BCUT2D eigenvalue weighted by Crippen LogP contribution is 2.51. The summed E-state index contributed by atoms with van der Waals surface area (Å²) in [5.41, 5.74) is 4.57. The number of carboxylic acids is 1. The number of nitrogens with zero attached hydrogens (tertiary/aromatic N) is 1. The maximum Gasteiger partial charge on any atom is 0.338 e. The number of aliphatic carboxylic acids is 1. The molecule has 0 radical (unpaired) electrons. The van der Waals surface area contributed by atoms with E-state index in [1.54, 1.807) is 56.7 Å². The molecule has 1 aromatic heterocycles. The predicted octanol–water partition coefficient (Wildman–Crippen LogP) is 8.80. The molecule has 2 aliphatic heterocycles. The number of hydrogen-bond acceptors (Lipinski definition) is 13. The van der Waals surface area contributed by atoms with Gasteiger partial charge in [-0.2, -0.15) is 0 Å². The van der Waals surface area contributed by atoms with Gasteiger partial charge in [-0.15, -0.1) is 0 Å². The van der Waals surface area contributed by atoms with Crippen molar-refractivity contribution < 1.29 is 62.5 Å². The first-order chi connectivity index (χ1) is 31.2. The number of carbonyl (C=O) groups is 3. The Morgan fingerprint density at radius 3 is 2.09 bits per heavy atom. The zero-order valence-corrected chi connectivity index (χ0v) is 42.9. The van der Waals surface area contributed by atoms with Gasteiger partial charge in [0.25, 0.3) is 0 Å². The van der Waals surface area contributed by atoms with E-state index in [9.17, 15) is 19.5 Å². The third-order valence-corrected chi connectivity index (χ3v) is 14.8. The number of H-pyrrole nitrogens is 1. The van der Waals surface area contributed by atoms with Crippen LogP contribution in [0.3, 0.4) is 0 Å². The molecule has 3 N–H and O–H groups in total. The van der Waals surface area contributed by atoms with Crippen LogP contribution in [-0.2, 0) is 36.6 Å². The Bertz CT molecular complexity index is 2540. The van der Waals surface area contributed by atoms with Gasteiger partial charge in [0, 0.05) is 42.9 Å². The summed E-state index contributed by atoms with van der Waals surface area (Å²) in [7, 11) is 9.10. The predicted molar refractivity (Wildman–Crippen MR) is 265 cm³/mol. The summed E-state index contributed by atoms with van der Waals surface area (Å²) in [6, 6.07) is 18.0. The lowest BCUT2D eigenvalue weighted by Crippen LogP contribution is -2.58. The lowest BCUT2D eigenvalue weighted by atomic mass is 9.63. The third kappa shape index (κ3) is 10.3. The van der Waals surface area contributed by atoms with Crippen molar-refractivity contribution in [1.82, 2.24) is 9.88 Å². The molecule has 0 amide bonds. The molecule has 2 fully saturated rings.